The molecule has 0 bridgehead atoms. The van der Waals surface area contributed by atoms with Crippen LogP contribution in [0.15, 0.2) is 0 Å². The van der Waals surface area contributed by atoms with Gasteiger partial charge < -0.3 is 10.2 Å². The van der Waals surface area contributed by atoms with Crippen molar-refractivity contribution in [3.05, 3.63) is 17.0 Å². The molecule has 0 radical (unpaired) electrons. The summed E-state index contributed by atoms with van der Waals surface area (Å²) in [6.45, 7) is 10.3. The third-order valence-electron chi connectivity index (χ3n) is 5.23. The van der Waals surface area contributed by atoms with Crippen LogP contribution in [0.4, 0.5) is 0 Å². The summed E-state index contributed by atoms with van der Waals surface area (Å²) in [4.78, 5) is 2.46. The summed E-state index contributed by atoms with van der Waals surface area (Å²) in [5.41, 5.74) is 3.66. The fraction of sp³-hybridized carbons (Fsp3) is 0.812. The number of aryl methyl sites for hydroxylation is 1. The summed E-state index contributed by atoms with van der Waals surface area (Å²) in [6, 6.07) is 0. The second-order valence-corrected chi connectivity index (χ2v) is 6.38. The van der Waals surface area contributed by atoms with Crippen molar-refractivity contribution >= 4 is 0 Å². The van der Waals surface area contributed by atoms with Gasteiger partial charge in [0.25, 0.3) is 0 Å². The van der Waals surface area contributed by atoms with Crippen molar-refractivity contribution in [2.45, 2.75) is 53.1 Å². The highest BCUT2D eigenvalue weighted by molar-refractivity contribution is 5.24. The van der Waals surface area contributed by atoms with Crippen LogP contribution in [-0.2, 0) is 13.1 Å². The van der Waals surface area contributed by atoms with Crippen molar-refractivity contribution in [1.29, 1.82) is 0 Å². The first kappa shape index (κ1) is 16.5. The van der Waals surface area contributed by atoms with Gasteiger partial charge in [-0.1, -0.05) is 6.92 Å². The van der Waals surface area contributed by atoms with Gasteiger partial charge >= 0.3 is 0 Å². The number of hydrogen-bond acceptors (Lipinski definition) is 4. The number of rotatable bonds is 6. The quantitative estimate of drug-likeness (QED) is 0.834. The molecule has 0 spiro atoms. The van der Waals surface area contributed by atoms with Crippen molar-refractivity contribution < 1.29 is 10.2 Å². The molecule has 1 aromatic rings. The van der Waals surface area contributed by atoms with Gasteiger partial charge in [-0.15, -0.1) is 0 Å². The summed E-state index contributed by atoms with van der Waals surface area (Å²) in [7, 11) is 0. The summed E-state index contributed by atoms with van der Waals surface area (Å²) in [6.07, 6.45) is 3.20. The van der Waals surface area contributed by atoms with Gasteiger partial charge in [-0.05, 0) is 51.6 Å². The van der Waals surface area contributed by atoms with E-state index in [4.69, 9.17) is 5.11 Å². The van der Waals surface area contributed by atoms with E-state index in [1.807, 2.05) is 11.6 Å². The molecular weight excluding hydrogens is 266 g/mol. The molecule has 0 aromatic carbocycles. The first-order chi connectivity index (χ1) is 10.0. The first-order valence-corrected chi connectivity index (χ1v) is 8.02. The first-order valence-electron chi connectivity index (χ1n) is 8.02. The Hall–Kier alpha value is -0.910. The fourth-order valence-electron chi connectivity index (χ4n) is 3.31. The van der Waals surface area contributed by atoms with Crippen LogP contribution >= 0.6 is 0 Å². The molecule has 0 saturated carbocycles. The van der Waals surface area contributed by atoms with Gasteiger partial charge in [0.15, 0.2) is 0 Å². The lowest BCUT2D eigenvalue weighted by molar-refractivity contribution is 0.0381. The molecule has 1 aromatic heterocycles. The predicted octanol–water partition coefficient (Wildman–Crippen LogP) is 1.48. The van der Waals surface area contributed by atoms with Gasteiger partial charge in [-0.2, -0.15) is 5.10 Å². The second-order valence-electron chi connectivity index (χ2n) is 6.38. The highest BCUT2D eigenvalue weighted by Gasteiger charge is 2.32. The van der Waals surface area contributed by atoms with E-state index in [9.17, 15) is 5.11 Å². The average molecular weight is 295 g/mol. The molecule has 0 aliphatic carbocycles. The van der Waals surface area contributed by atoms with Crippen LogP contribution in [0.25, 0.3) is 0 Å². The van der Waals surface area contributed by atoms with Crippen molar-refractivity contribution in [3.63, 3.8) is 0 Å². The molecule has 1 fully saturated rings. The Morgan fingerprint density at radius 3 is 2.38 bits per heavy atom. The Kier molecular flexibility index (Phi) is 5.41. The van der Waals surface area contributed by atoms with E-state index in [0.29, 0.717) is 13.2 Å². The van der Waals surface area contributed by atoms with Gasteiger partial charge in [0.05, 0.1) is 18.8 Å². The zero-order chi connectivity index (χ0) is 15.5. The van der Waals surface area contributed by atoms with Crippen LogP contribution in [0.5, 0.6) is 0 Å². The monoisotopic (exact) mass is 295 g/mol. The molecule has 5 heteroatoms. The number of aromatic nitrogens is 2. The Morgan fingerprint density at radius 1 is 1.19 bits per heavy atom. The van der Waals surface area contributed by atoms with Gasteiger partial charge in [0.1, 0.15) is 0 Å². The molecule has 0 amide bonds. The number of aliphatic hydroxyl groups excluding tert-OH is 2. The molecule has 1 aliphatic heterocycles. The van der Waals surface area contributed by atoms with E-state index in [-0.39, 0.29) is 12.0 Å². The molecule has 2 N–H and O–H groups in total. The smallest absolute Gasteiger partial charge is 0.0644 e. The normalized spacial score (nSPS) is 19.1. The van der Waals surface area contributed by atoms with Crippen molar-refractivity contribution in [2.24, 2.45) is 5.41 Å². The minimum absolute atomic E-state index is 0.126. The summed E-state index contributed by atoms with van der Waals surface area (Å²) in [5.74, 6) is 0. The van der Waals surface area contributed by atoms with E-state index in [0.717, 1.165) is 50.3 Å². The minimum Gasteiger partial charge on any atom is -0.396 e. The molecule has 2 heterocycles. The van der Waals surface area contributed by atoms with Gasteiger partial charge in [-0.3, -0.25) is 9.58 Å². The standard InChI is InChI=1S/C16H29N3O2/c1-4-16(12-21)5-7-18(8-6-16)11-15-13(2)17-19(9-10-20)14(15)3/h20-21H,4-12H2,1-3H3. The minimum atomic E-state index is 0.126. The molecule has 0 atom stereocenters. The highest BCUT2D eigenvalue weighted by Crippen LogP contribution is 2.34. The predicted molar refractivity (Wildman–Crippen MR) is 83.1 cm³/mol. The molecule has 1 aliphatic rings. The Balaban J connectivity index is 2.01. The van der Waals surface area contributed by atoms with Crippen molar-refractivity contribution in [1.82, 2.24) is 14.7 Å². The van der Waals surface area contributed by atoms with Crippen LogP contribution in [0.2, 0.25) is 0 Å². The van der Waals surface area contributed by atoms with E-state index in [2.05, 4.69) is 23.8 Å². The number of piperidine rings is 1. The molecule has 120 valence electrons. The van der Waals surface area contributed by atoms with Gasteiger partial charge in [-0.25, -0.2) is 0 Å². The van der Waals surface area contributed by atoms with E-state index >= 15 is 0 Å². The molecule has 1 saturated heterocycles. The number of hydrogen-bond donors (Lipinski definition) is 2. The fourth-order valence-corrected chi connectivity index (χ4v) is 3.31. The van der Waals surface area contributed by atoms with Crippen molar-refractivity contribution in [2.75, 3.05) is 26.3 Å². The maximum atomic E-state index is 9.61. The second kappa shape index (κ2) is 6.90. The van der Waals surface area contributed by atoms with Crippen LogP contribution in [0, 0.1) is 19.3 Å². The molecule has 21 heavy (non-hydrogen) atoms. The largest absolute Gasteiger partial charge is 0.396 e. The topological polar surface area (TPSA) is 61.5 Å². The lowest BCUT2D eigenvalue weighted by atomic mass is 9.77. The summed E-state index contributed by atoms with van der Waals surface area (Å²) < 4.78 is 1.90. The zero-order valence-electron chi connectivity index (χ0n) is 13.6. The van der Waals surface area contributed by atoms with Crippen LogP contribution in [-0.4, -0.2) is 51.2 Å². The molecule has 2 rings (SSSR count). The van der Waals surface area contributed by atoms with E-state index < -0.39 is 0 Å². The number of aliphatic hydroxyl groups is 2. The van der Waals surface area contributed by atoms with Gasteiger partial charge in [0.2, 0.25) is 0 Å². The zero-order valence-corrected chi connectivity index (χ0v) is 13.6. The Morgan fingerprint density at radius 2 is 1.86 bits per heavy atom. The highest BCUT2D eigenvalue weighted by atomic mass is 16.3. The van der Waals surface area contributed by atoms with Crippen LogP contribution < -0.4 is 0 Å². The Bertz CT molecular complexity index is 456. The number of likely N-dealkylation sites (tertiary alicyclic amines) is 1. The van der Waals surface area contributed by atoms with Crippen LogP contribution in [0.3, 0.4) is 0 Å². The van der Waals surface area contributed by atoms with Crippen molar-refractivity contribution in [3.8, 4) is 0 Å². The third kappa shape index (κ3) is 3.47. The van der Waals surface area contributed by atoms with E-state index in [1.165, 1.54) is 5.56 Å². The summed E-state index contributed by atoms with van der Waals surface area (Å²) >= 11 is 0. The average Bonchev–Trinajstić information content (AvgIpc) is 2.76. The van der Waals surface area contributed by atoms with E-state index in [1.54, 1.807) is 0 Å². The molecular formula is C16H29N3O2. The lowest BCUT2D eigenvalue weighted by Crippen LogP contribution is -2.41. The maximum Gasteiger partial charge on any atom is 0.0644 e. The SMILES string of the molecule is CCC1(CO)CCN(Cc2c(C)nn(CCO)c2C)CC1. The third-order valence-corrected chi connectivity index (χ3v) is 5.23. The molecule has 5 nitrogen and oxygen atoms in total. The van der Waals surface area contributed by atoms with Crippen LogP contribution in [0.1, 0.15) is 43.1 Å². The molecule has 0 unspecified atom stereocenters. The lowest BCUT2D eigenvalue weighted by Gasteiger charge is -2.40. The maximum absolute atomic E-state index is 9.61. The summed E-state index contributed by atoms with van der Waals surface area (Å²) in [5, 5.41) is 23.2. The number of nitrogens with zero attached hydrogens (tertiary/aromatic N) is 3. The van der Waals surface area contributed by atoms with Gasteiger partial charge in [0, 0.05) is 24.4 Å². The Labute approximate surface area is 127 Å².